The monoisotopic (exact) mass is 543 g/mol. The zero-order valence-corrected chi connectivity index (χ0v) is 23.0. The molecule has 37 heavy (non-hydrogen) atoms. The van der Waals surface area contributed by atoms with Crippen molar-refractivity contribution in [1.82, 2.24) is 19.4 Å². The Balaban J connectivity index is 1.72. The van der Waals surface area contributed by atoms with Gasteiger partial charge in [-0.3, -0.25) is 0 Å². The summed E-state index contributed by atoms with van der Waals surface area (Å²) in [5, 5.41) is -0.160. The predicted octanol–water partition coefficient (Wildman–Crippen LogP) is 7.16. The lowest BCUT2D eigenvalue weighted by atomic mass is 9.83. The van der Waals surface area contributed by atoms with Crippen LogP contribution >= 0.6 is 23.2 Å². The first-order chi connectivity index (χ1) is 17.5. The number of hydrogen-bond acceptors (Lipinski definition) is 4. The lowest BCUT2D eigenvalue weighted by Crippen LogP contribution is -2.51. The number of fused-ring (bicyclic) bond motifs is 2. The normalized spacial score (nSPS) is 16.5. The molecule has 192 valence electrons. The molecule has 0 atom stereocenters. The number of allylic oxidation sites excluding steroid dienone is 2. The number of benzene rings is 1. The summed E-state index contributed by atoms with van der Waals surface area (Å²) < 4.78 is 40.9. The highest BCUT2D eigenvalue weighted by Crippen LogP contribution is 2.47. The quantitative estimate of drug-likeness (QED) is 0.320. The minimum Gasteiger partial charge on any atom is -0.424 e. The molecule has 0 radical (unpaired) electrons. The van der Waals surface area contributed by atoms with E-state index in [1.54, 1.807) is 26.0 Å². The van der Waals surface area contributed by atoms with Crippen LogP contribution in [0.15, 0.2) is 41.1 Å². The average molecular weight is 544 g/mol. The van der Waals surface area contributed by atoms with E-state index >= 15 is 8.63 Å². The number of halogens is 4. The van der Waals surface area contributed by atoms with Gasteiger partial charge in [-0.2, -0.15) is 15.0 Å². The number of nitrogens with zero attached hydrogens (tertiary/aromatic N) is 5. The number of rotatable bonds is 5. The Kier molecular flexibility index (Phi) is 6.27. The van der Waals surface area contributed by atoms with Crippen molar-refractivity contribution in [3.8, 4) is 11.8 Å². The highest BCUT2D eigenvalue weighted by Gasteiger charge is 2.56. The zero-order chi connectivity index (χ0) is 26.8. The molecule has 3 aromatic rings. The third-order valence-electron chi connectivity index (χ3n) is 7.41. The number of hydrogen-bond donors (Lipinski definition) is 0. The van der Waals surface area contributed by atoms with Gasteiger partial charge < -0.3 is 22.3 Å². The molecule has 5 rings (SSSR count). The van der Waals surface area contributed by atoms with Crippen molar-refractivity contribution in [2.75, 3.05) is 0 Å². The number of ether oxygens (including phenoxy) is 1. The van der Waals surface area contributed by atoms with Gasteiger partial charge in [0.25, 0.3) is 0 Å². The second kappa shape index (κ2) is 9.06. The van der Waals surface area contributed by atoms with E-state index in [4.69, 9.17) is 27.9 Å². The van der Waals surface area contributed by atoms with Crippen molar-refractivity contribution in [2.45, 2.75) is 54.4 Å². The van der Waals surface area contributed by atoms with E-state index in [1.807, 2.05) is 39.8 Å². The maximum Gasteiger partial charge on any atom is 0.737 e. The van der Waals surface area contributed by atoms with Gasteiger partial charge in [0, 0.05) is 23.8 Å². The van der Waals surface area contributed by atoms with Gasteiger partial charge in [0.15, 0.2) is 5.70 Å². The Labute approximate surface area is 224 Å². The van der Waals surface area contributed by atoms with Crippen molar-refractivity contribution in [3.05, 3.63) is 79.8 Å². The molecule has 0 bridgehead atoms. The van der Waals surface area contributed by atoms with Gasteiger partial charge in [-0.15, -0.1) is 0 Å². The van der Waals surface area contributed by atoms with Gasteiger partial charge in [-0.05, 0) is 91.3 Å². The summed E-state index contributed by atoms with van der Waals surface area (Å²) in [6.07, 6.45) is 1.35. The van der Waals surface area contributed by atoms with E-state index in [0.717, 1.165) is 33.4 Å². The minimum atomic E-state index is -4.07. The second-order valence-electron chi connectivity index (χ2n) is 9.27. The second-order valence-corrected chi connectivity index (χ2v) is 9.94. The van der Waals surface area contributed by atoms with Gasteiger partial charge in [-0.1, -0.05) is 26.0 Å². The van der Waals surface area contributed by atoms with Crippen LogP contribution in [0.25, 0.3) is 5.57 Å². The third kappa shape index (κ3) is 3.82. The van der Waals surface area contributed by atoms with Gasteiger partial charge in [0.2, 0.25) is 10.6 Å². The smallest absolute Gasteiger partial charge is 0.424 e. The minimum absolute atomic E-state index is 0.0359. The fourth-order valence-corrected chi connectivity index (χ4v) is 6.25. The van der Waals surface area contributed by atoms with E-state index in [-0.39, 0.29) is 16.6 Å². The van der Waals surface area contributed by atoms with E-state index in [0.29, 0.717) is 41.4 Å². The van der Waals surface area contributed by atoms with Crippen LogP contribution in [0.1, 0.15) is 62.2 Å². The van der Waals surface area contributed by atoms with Crippen molar-refractivity contribution in [1.29, 1.82) is 0 Å². The maximum atomic E-state index is 16.3. The van der Waals surface area contributed by atoms with Crippen LogP contribution in [-0.4, -0.2) is 36.6 Å². The lowest BCUT2D eigenvalue weighted by molar-refractivity contribution is -0.363. The molecule has 0 aliphatic carbocycles. The molecule has 2 aromatic heterocycles. The summed E-state index contributed by atoms with van der Waals surface area (Å²) in [6.45, 7) is 7.41. The van der Waals surface area contributed by atoms with E-state index in [9.17, 15) is 0 Å². The summed E-state index contributed by atoms with van der Waals surface area (Å²) in [5.74, 6) is 0.447. The fourth-order valence-electron chi connectivity index (χ4n) is 5.90. The molecule has 2 aliphatic heterocycles. The standard InChI is InChI=1S/C26H26BCl2F2N5O/c1-7-19-13(3)22-21(17-9-11-18(12-10-17)37-26-33-24(28)32-25(29)34-26)23-14(4)20(8-2)16(6)36(23)27(30,31)35(22)15(19)5/h9-12H,7-8H2,1-6H3. The third-order valence-corrected chi connectivity index (χ3v) is 7.75. The molecular formula is C26H26BCl2F2N5O. The Morgan fingerprint density at radius 2 is 1.57 bits per heavy atom. The molecule has 2 aliphatic rings. The van der Waals surface area contributed by atoms with E-state index in [1.165, 1.54) is 8.96 Å². The van der Waals surface area contributed by atoms with E-state index in [2.05, 4.69) is 15.0 Å². The summed E-state index contributed by atoms with van der Waals surface area (Å²) in [4.78, 5) is 11.6. The Bertz CT molecular complexity index is 1540. The highest BCUT2D eigenvalue weighted by atomic mass is 35.5. The van der Waals surface area contributed by atoms with Crippen LogP contribution in [0.2, 0.25) is 10.6 Å². The average Bonchev–Trinajstić information content (AvgIpc) is 3.24. The first-order valence-electron chi connectivity index (χ1n) is 12.2. The highest BCUT2D eigenvalue weighted by molar-refractivity contribution is 6.58. The topological polar surface area (TPSA) is 55.8 Å². The molecule has 0 N–H and O–H groups in total. The molecule has 0 saturated heterocycles. The van der Waals surface area contributed by atoms with Crippen LogP contribution < -0.4 is 4.74 Å². The van der Waals surface area contributed by atoms with Crippen LogP contribution in [0.4, 0.5) is 8.63 Å². The zero-order valence-electron chi connectivity index (χ0n) is 21.5. The summed E-state index contributed by atoms with van der Waals surface area (Å²) >= 11 is 11.7. The van der Waals surface area contributed by atoms with Crippen molar-refractivity contribution >= 4 is 41.5 Å². The Morgan fingerprint density at radius 1 is 0.946 bits per heavy atom. The van der Waals surface area contributed by atoms with Gasteiger partial charge in [0.1, 0.15) is 11.5 Å². The maximum absolute atomic E-state index is 16.3. The van der Waals surface area contributed by atoms with Crippen molar-refractivity contribution in [2.24, 2.45) is 0 Å². The first kappa shape index (κ1) is 25.6. The van der Waals surface area contributed by atoms with E-state index < -0.39 is 6.97 Å². The summed E-state index contributed by atoms with van der Waals surface area (Å²) in [6, 6.07) is 7.18. The Morgan fingerprint density at radius 3 is 2.14 bits per heavy atom. The SMILES string of the molecule is CCC1=C(C)C2=C(c3ccc(Oc4nc(Cl)nc(Cl)n4)cc3)c3c(C)c(CC)c(C)n3[B-](F)(F)[N+]2=C1C. The summed E-state index contributed by atoms with van der Waals surface area (Å²) in [7, 11) is 0. The molecule has 4 heterocycles. The molecule has 0 saturated carbocycles. The molecular weight excluding hydrogens is 518 g/mol. The molecule has 0 spiro atoms. The van der Waals surface area contributed by atoms with Gasteiger partial charge in [-0.25, -0.2) is 0 Å². The predicted molar refractivity (Wildman–Crippen MR) is 143 cm³/mol. The lowest BCUT2D eigenvalue weighted by Gasteiger charge is -2.34. The molecule has 6 nitrogen and oxygen atoms in total. The molecule has 1 aromatic carbocycles. The fraction of sp³-hybridized carbons (Fsp3) is 0.308. The molecule has 0 fully saturated rings. The van der Waals surface area contributed by atoms with Gasteiger partial charge >= 0.3 is 13.0 Å². The molecule has 0 unspecified atom stereocenters. The van der Waals surface area contributed by atoms with Crippen LogP contribution in [0, 0.1) is 13.8 Å². The molecule has 0 amide bonds. The Hall–Kier alpha value is -3.04. The van der Waals surface area contributed by atoms with Gasteiger partial charge in [0.05, 0.1) is 5.57 Å². The van der Waals surface area contributed by atoms with Crippen LogP contribution in [0.3, 0.4) is 0 Å². The van der Waals surface area contributed by atoms with Crippen LogP contribution in [0.5, 0.6) is 11.8 Å². The number of aromatic nitrogens is 4. The van der Waals surface area contributed by atoms with Crippen LogP contribution in [-0.2, 0) is 6.42 Å². The van der Waals surface area contributed by atoms with Crippen molar-refractivity contribution < 1.29 is 17.9 Å². The molecule has 11 heteroatoms. The largest absolute Gasteiger partial charge is 0.737 e. The first-order valence-corrected chi connectivity index (χ1v) is 12.9. The summed E-state index contributed by atoms with van der Waals surface area (Å²) in [5.41, 5.74) is 7.61. The van der Waals surface area contributed by atoms with Crippen molar-refractivity contribution in [3.63, 3.8) is 0 Å².